The van der Waals surface area contributed by atoms with Crippen LogP contribution in [0.3, 0.4) is 0 Å². The van der Waals surface area contributed by atoms with Crippen molar-refractivity contribution >= 4 is 5.97 Å². The third kappa shape index (κ3) is 1.22. The molecule has 1 aliphatic carbocycles. The van der Waals surface area contributed by atoms with Gasteiger partial charge in [0.15, 0.2) is 5.69 Å². The van der Waals surface area contributed by atoms with E-state index >= 15 is 0 Å². The molecule has 0 aromatic carbocycles. The third-order valence-corrected chi connectivity index (χ3v) is 2.50. The minimum Gasteiger partial charge on any atom is -0.476 e. The van der Waals surface area contributed by atoms with Crippen molar-refractivity contribution in [3.63, 3.8) is 0 Å². The minimum atomic E-state index is -0.931. The van der Waals surface area contributed by atoms with Gasteiger partial charge < -0.3 is 5.11 Å². The molecule has 13 heavy (non-hydrogen) atoms. The van der Waals surface area contributed by atoms with E-state index in [9.17, 15) is 4.79 Å². The molecule has 0 atom stereocenters. The number of rotatable bonds is 2. The van der Waals surface area contributed by atoms with E-state index in [4.69, 9.17) is 5.11 Å². The number of aromatic nitrogens is 2. The summed E-state index contributed by atoms with van der Waals surface area (Å²) in [5.41, 5.74) is 2.12. The van der Waals surface area contributed by atoms with Gasteiger partial charge in [0.25, 0.3) is 0 Å². The van der Waals surface area contributed by atoms with Crippen molar-refractivity contribution in [3.05, 3.63) is 17.0 Å². The molecule has 1 fully saturated rings. The van der Waals surface area contributed by atoms with Gasteiger partial charge >= 0.3 is 5.97 Å². The van der Waals surface area contributed by atoms with E-state index in [1.54, 1.807) is 4.68 Å². The molecule has 2 rings (SSSR count). The summed E-state index contributed by atoms with van der Waals surface area (Å²) >= 11 is 0. The normalized spacial score (nSPS) is 16.2. The number of carbonyl (C=O) groups is 1. The lowest BCUT2D eigenvalue weighted by molar-refractivity contribution is 0.0689. The van der Waals surface area contributed by atoms with Crippen LogP contribution in [0.2, 0.25) is 0 Å². The molecular formula is C9H12N2O2. The van der Waals surface area contributed by atoms with E-state index in [0.717, 1.165) is 11.3 Å². The fraction of sp³-hybridized carbons (Fsp3) is 0.556. The maximum Gasteiger partial charge on any atom is 0.356 e. The summed E-state index contributed by atoms with van der Waals surface area (Å²) in [6.45, 7) is 1.84. The van der Waals surface area contributed by atoms with Gasteiger partial charge in [0.05, 0.1) is 0 Å². The number of aryl methyl sites for hydroxylation is 1. The van der Waals surface area contributed by atoms with Crippen LogP contribution < -0.4 is 0 Å². The fourth-order valence-corrected chi connectivity index (χ4v) is 1.77. The first-order chi connectivity index (χ1) is 6.11. The van der Waals surface area contributed by atoms with E-state index in [1.165, 1.54) is 12.8 Å². The van der Waals surface area contributed by atoms with Gasteiger partial charge in [0, 0.05) is 24.2 Å². The molecule has 1 aromatic rings. The van der Waals surface area contributed by atoms with Crippen molar-refractivity contribution in [2.75, 3.05) is 0 Å². The van der Waals surface area contributed by atoms with Crippen LogP contribution in [0.4, 0.5) is 0 Å². The lowest BCUT2D eigenvalue weighted by Gasteiger charge is -1.98. The van der Waals surface area contributed by atoms with Crippen molar-refractivity contribution < 1.29 is 9.90 Å². The third-order valence-electron chi connectivity index (χ3n) is 2.50. The van der Waals surface area contributed by atoms with Crippen molar-refractivity contribution in [2.24, 2.45) is 7.05 Å². The summed E-state index contributed by atoms with van der Waals surface area (Å²) in [5.74, 6) is -0.384. The number of carboxylic acids is 1. The molecule has 0 unspecified atom stereocenters. The molecule has 1 N–H and O–H groups in total. The van der Waals surface area contributed by atoms with E-state index in [0.29, 0.717) is 5.92 Å². The minimum absolute atomic E-state index is 0.199. The van der Waals surface area contributed by atoms with Crippen LogP contribution >= 0.6 is 0 Å². The Morgan fingerprint density at radius 3 is 2.62 bits per heavy atom. The Bertz CT molecular complexity index is 364. The zero-order chi connectivity index (χ0) is 9.59. The van der Waals surface area contributed by atoms with Crippen LogP contribution in [0.1, 0.15) is 40.5 Å². The second kappa shape index (κ2) is 2.58. The van der Waals surface area contributed by atoms with Crippen LogP contribution in [-0.2, 0) is 7.05 Å². The first-order valence-electron chi connectivity index (χ1n) is 4.38. The summed E-state index contributed by atoms with van der Waals surface area (Å²) in [4.78, 5) is 10.8. The number of aromatic carboxylic acids is 1. The fourth-order valence-electron chi connectivity index (χ4n) is 1.77. The average molecular weight is 180 g/mol. The highest BCUT2D eigenvalue weighted by Gasteiger charge is 2.31. The molecule has 0 radical (unpaired) electrons. The molecule has 1 aromatic heterocycles. The molecule has 1 aliphatic rings. The van der Waals surface area contributed by atoms with Crippen LogP contribution in [0.5, 0.6) is 0 Å². The van der Waals surface area contributed by atoms with Gasteiger partial charge in [-0.1, -0.05) is 0 Å². The standard InChI is InChI=1S/C9H12N2O2/c1-5-7(9(12)13)10-11(2)8(5)6-3-4-6/h6H,3-4H2,1-2H3,(H,12,13). The predicted octanol–water partition coefficient (Wildman–Crippen LogP) is 1.30. The number of nitrogens with zero attached hydrogens (tertiary/aromatic N) is 2. The van der Waals surface area contributed by atoms with Gasteiger partial charge in [0.2, 0.25) is 0 Å². The number of hydrogen-bond donors (Lipinski definition) is 1. The lowest BCUT2D eigenvalue weighted by Crippen LogP contribution is -2.00. The highest BCUT2D eigenvalue weighted by atomic mass is 16.4. The SMILES string of the molecule is Cc1c(C(=O)O)nn(C)c1C1CC1. The van der Waals surface area contributed by atoms with E-state index < -0.39 is 5.97 Å². The van der Waals surface area contributed by atoms with Gasteiger partial charge in [0.1, 0.15) is 0 Å². The molecule has 0 spiro atoms. The van der Waals surface area contributed by atoms with E-state index in [2.05, 4.69) is 5.10 Å². The van der Waals surface area contributed by atoms with Crippen molar-refractivity contribution in [1.29, 1.82) is 0 Å². The summed E-state index contributed by atoms with van der Waals surface area (Å²) in [6, 6.07) is 0. The van der Waals surface area contributed by atoms with Crippen LogP contribution in [0, 0.1) is 6.92 Å². The van der Waals surface area contributed by atoms with Crippen LogP contribution in [0.25, 0.3) is 0 Å². The molecule has 1 saturated carbocycles. The Labute approximate surface area is 76.2 Å². The number of carboxylic acid groups (broad SMARTS) is 1. The molecule has 4 nitrogen and oxygen atoms in total. The van der Waals surface area contributed by atoms with Crippen molar-refractivity contribution in [2.45, 2.75) is 25.7 Å². The molecule has 0 amide bonds. The summed E-state index contributed by atoms with van der Waals surface area (Å²) in [5, 5.41) is 12.8. The van der Waals surface area contributed by atoms with Crippen LogP contribution in [0.15, 0.2) is 0 Å². The molecule has 1 heterocycles. The Morgan fingerprint density at radius 1 is 1.62 bits per heavy atom. The zero-order valence-corrected chi connectivity index (χ0v) is 7.74. The zero-order valence-electron chi connectivity index (χ0n) is 7.74. The second-order valence-electron chi connectivity index (χ2n) is 3.56. The molecule has 0 saturated heterocycles. The Balaban J connectivity index is 2.50. The predicted molar refractivity (Wildman–Crippen MR) is 46.9 cm³/mol. The summed E-state index contributed by atoms with van der Waals surface area (Å²) in [7, 11) is 1.81. The largest absolute Gasteiger partial charge is 0.476 e. The number of hydrogen-bond acceptors (Lipinski definition) is 2. The Morgan fingerprint density at radius 2 is 2.23 bits per heavy atom. The molecule has 0 bridgehead atoms. The van der Waals surface area contributed by atoms with E-state index in [-0.39, 0.29) is 5.69 Å². The smallest absolute Gasteiger partial charge is 0.356 e. The Hall–Kier alpha value is -1.32. The Kier molecular flexibility index (Phi) is 1.65. The molecule has 70 valence electrons. The monoisotopic (exact) mass is 180 g/mol. The van der Waals surface area contributed by atoms with Gasteiger partial charge in [-0.15, -0.1) is 0 Å². The second-order valence-corrected chi connectivity index (χ2v) is 3.56. The molecular weight excluding hydrogens is 168 g/mol. The lowest BCUT2D eigenvalue weighted by atomic mass is 10.1. The highest BCUT2D eigenvalue weighted by Crippen LogP contribution is 2.41. The van der Waals surface area contributed by atoms with Gasteiger partial charge in [-0.05, 0) is 19.8 Å². The van der Waals surface area contributed by atoms with Crippen molar-refractivity contribution in [3.8, 4) is 0 Å². The maximum absolute atomic E-state index is 10.8. The van der Waals surface area contributed by atoms with Gasteiger partial charge in [-0.3, -0.25) is 4.68 Å². The summed E-state index contributed by atoms with van der Waals surface area (Å²) in [6.07, 6.45) is 2.33. The topological polar surface area (TPSA) is 55.1 Å². The van der Waals surface area contributed by atoms with Gasteiger partial charge in [-0.25, -0.2) is 4.79 Å². The quantitative estimate of drug-likeness (QED) is 0.746. The molecule has 0 aliphatic heterocycles. The van der Waals surface area contributed by atoms with Crippen molar-refractivity contribution in [1.82, 2.24) is 9.78 Å². The highest BCUT2D eigenvalue weighted by molar-refractivity contribution is 5.87. The molecule has 4 heteroatoms. The summed E-state index contributed by atoms with van der Waals surface area (Å²) < 4.78 is 1.70. The average Bonchev–Trinajstić information content (AvgIpc) is 2.80. The van der Waals surface area contributed by atoms with Crippen LogP contribution in [-0.4, -0.2) is 20.9 Å². The maximum atomic E-state index is 10.8. The first-order valence-corrected chi connectivity index (χ1v) is 4.38. The first kappa shape index (κ1) is 8.29. The van der Waals surface area contributed by atoms with E-state index in [1.807, 2.05) is 14.0 Å². The van der Waals surface area contributed by atoms with Gasteiger partial charge in [-0.2, -0.15) is 5.10 Å².